The smallest absolute Gasteiger partial charge is 0.269 e. The van der Waals surface area contributed by atoms with Crippen molar-refractivity contribution in [3.05, 3.63) is 75.3 Å². The van der Waals surface area contributed by atoms with E-state index in [0.29, 0.717) is 19.7 Å². The molecule has 0 radical (unpaired) electrons. The van der Waals surface area contributed by atoms with Crippen molar-refractivity contribution in [2.75, 3.05) is 19.7 Å². The van der Waals surface area contributed by atoms with Gasteiger partial charge in [0.05, 0.1) is 24.2 Å². The molecule has 132 valence electrons. The summed E-state index contributed by atoms with van der Waals surface area (Å²) < 4.78 is 5.58. The highest BCUT2D eigenvalue weighted by molar-refractivity contribution is 5.41. The Morgan fingerprint density at radius 3 is 2.76 bits per heavy atom. The predicted molar refractivity (Wildman–Crippen MR) is 94.2 cm³/mol. The van der Waals surface area contributed by atoms with Crippen molar-refractivity contribution in [2.45, 2.75) is 25.7 Å². The van der Waals surface area contributed by atoms with Gasteiger partial charge in [0, 0.05) is 31.8 Å². The molecule has 1 aliphatic heterocycles. The largest absolute Gasteiger partial charge is 0.389 e. The number of aliphatic hydroxyl groups is 1. The average Bonchev–Trinajstić information content (AvgIpc) is 2.62. The standard InChI is InChI=1S/C19H22N2O4/c22-19(14-25-13-15-4-2-1-3-5-15)12-20-9-8-16-6-7-18(21(23)24)10-17(16)11-20/h1-7,10,19,22H,8-9,11-14H2/t19-/m0/s1. The van der Waals surface area contributed by atoms with Gasteiger partial charge < -0.3 is 9.84 Å². The highest BCUT2D eigenvalue weighted by atomic mass is 16.6. The number of nitro groups is 1. The second-order valence-electron chi connectivity index (χ2n) is 6.35. The van der Waals surface area contributed by atoms with Crippen molar-refractivity contribution < 1.29 is 14.8 Å². The molecule has 0 saturated carbocycles. The number of nitrogens with zero attached hydrogens (tertiary/aromatic N) is 2. The van der Waals surface area contributed by atoms with E-state index in [2.05, 4.69) is 4.90 Å². The molecule has 1 N–H and O–H groups in total. The highest BCUT2D eigenvalue weighted by Crippen LogP contribution is 2.23. The summed E-state index contributed by atoms with van der Waals surface area (Å²) in [6.07, 6.45) is 0.259. The molecule has 0 aromatic heterocycles. The lowest BCUT2D eigenvalue weighted by atomic mass is 9.99. The molecule has 6 nitrogen and oxygen atoms in total. The Morgan fingerprint density at radius 2 is 2.00 bits per heavy atom. The molecule has 0 spiro atoms. The zero-order valence-corrected chi connectivity index (χ0v) is 14.0. The highest BCUT2D eigenvalue weighted by Gasteiger charge is 2.21. The number of ether oxygens (including phenoxy) is 1. The fourth-order valence-electron chi connectivity index (χ4n) is 3.11. The molecular formula is C19H22N2O4. The molecular weight excluding hydrogens is 320 g/mol. The second kappa shape index (κ2) is 8.20. The van der Waals surface area contributed by atoms with E-state index in [1.54, 1.807) is 12.1 Å². The monoisotopic (exact) mass is 342 g/mol. The van der Waals surface area contributed by atoms with Gasteiger partial charge in [0.25, 0.3) is 5.69 Å². The van der Waals surface area contributed by atoms with Crippen LogP contribution in [-0.2, 0) is 24.3 Å². The van der Waals surface area contributed by atoms with E-state index in [1.807, 2.05) is 36.4 Å². The van der Waals surface area contributed by atoms with Gasteiger partial charge in [-0.1, -0.05) is 36.4 Å². The van der Waals surface area contributed by atoms with Gasteiger partial charge in [-0.2, -0.15) is 0 Å². The first-order chi connectivity index (χ1) is 12.1. The molecule has 1 aliphatic rings. The fraction of sp³-hybridized carbons (Fsp3) is 0.368. The van der Waals surface area contributed by atoms with Crippen LogP contribution in [-0.4, -0.2) is 40.7 Å². The molecule has 0 amide bonds. The van der Waals surface area contributed by atoms with Crippen molar-refractivity contribution in [1.82, 2.24) is 4.90 Å². The molecule has 0 aliphatic carbocycles. The van der Waals surface area contributed by atoms with E-state index in [1.165, 1.54) is 0 Å². The third-order valence-corrected chi connectivity index (χ3v) is 4.38. The summed E-state index contributed by atoms with van der Waals surface area (Å²) in [7, 11) is 0. The minimum atomic E-state index is -0.580. The van der Waals surface area contributed by atoms with E-state index in [0.717, 1.165) is 29.7 Å². The summed E-state index contributed by atoms with van der Waals surface area (Å²) >= 11 is 0. The molecule has 1 heterocycles. The van der Waals surface area contributed by atoms with Gasteiger partial charge in [-0.3, -0.25) is 15.0 Å². The number of nitro benzene ring substituents is 1. The molecule has 6 heteroatoms. The SMILES string of the molecule is O=[N+]([O-])c1ccc2c(c1)CN(C[C@H](O)COCc1ccccc1)CC2. The number of benzene rings is 2. The zero-order chi connectivity index (χ0) is 17.6. The second-order valence-corrected chi connectivity index (χ2v) is 6.35. The van der Waals surface area contributed by atoms with Gasteiger partial charge in [-0.15, -0.1) is 0 Å². The van der Waals surface area contributed by atoms with E-state index >= 15 is 0 Å². The normalized spacial score (nSPS) is 15.6. The zero-order valence-electron chi connectivity index (χ0n) is 14.0. The van der Waals surface area contributed by atoms with Crippen LogP contribution in [0.4, 0.5) is 5.69 Å². The lowest BCUT2D eigenvalue weighted by Crippen LogP contribution is -2.38. The van der Waals surface area contributed by atoms with Gasteiger partial charge in [-0.05, 0) is 23.1 Å². The molecule has 2 aromatic carbocycles. The van der Waals surface area contributed by atoms with Crippen LogP contribution in [0.2, 0.25) is 0 Å². The number of fused-ring (bicyclic) bond motifs is 1. The van der Waals surface area contributed by atoms with Crippen molar-refractivity contribution in [1.29, 1.82) is 0 Å². The summed E-state index contributed by atoms with van der Waals surface area (Å²) in [5, 5.41) is 21.1. The Kier molecular flexibility index (Phi) is 5.75. The maximum Gasteiger partial charge on any atom is 0.269 e. The summed E-state index contributed by atoms with van der Waals surface area (Å²) in [4.78, 5) is 12.7. The van der Waals surface area contributed by atoms with Crippen molar-refractivity contribution >= 4 is 5.69 Å². The van der Waals surface area contributed by atoms with Crippen LogP contribution in [0.3, 0.4) is 0 Å². The Bertz CT molecular complexity index is 721. The average molecular weight is 342 g/mol. The van der Waals surface area contributed by atoms with Crippen molar-refractivity contribution in [2.24, 2.45) is 0 Å². The van der Waals surface area contributed by atoms with E-state index in [4.69, 9.17) is 4.74 Å². The summed E-state index contributed by atoms with van der Waals surface area (Å²) in [5.41, 5.74) is 3.32. The van der Waals surface area contributed by atoms with Crippen LogP contribution in [0.15, 0.2) is 48.5 Å². The van der Waals surface area contributed by atoms with Crippen LogP contribution in [0, 0.1) is 10.1 Å². The molecule has 0 fully saturated rings. The summed E-state index contributed by atoms with van der Waals surface area (Å²) in [6, 6.07) is 14.9. The molecule has 0 unspecified atom stereocenters. The van der Waals surface area contributed by atoms with E-state index in [-0.39, 0.29) is 17.2 Å². The fourth-order valence-corrected chi connectivity index (χ4v) is 3.11. The first-order valence-corrected chi connectivity index (χ1v) is 8.40. The lowest BCUT2D eigenvalue weighted by Gasteiger charge is -2.30. The van der Waals surface area contributed by atoms with Gasteiger partial charge >= 0.3 is 0 Å². The number of hydrogen-bond donors (Lipinski definition) is 1. The number of β-amino-alcohol motifs (C(OH)–C–C–N with tert-alkyl or cyclic N) is 1. The molecule has 1 atom stereocenters. The van der Waals surface area contributed by atoms with Gasteiger partial charge in [0.1, 0.15) is 0 Å². The summed E-state index contributed by atoms with van der Waals surface area (Å²) in [5.74, 6) is 0. The maximum absolute atomic E-state index is 10.9. The number of non-ortho nitro benzene ring substituents is 1. The quantitative estimate of drug-likeness (QED) is 0.618. The van der Waals surface area contributed by atoms with Crippen LogP contribution in [0.25, 0.3) is 0 Å². The first-order valence-electron chi connectivity index (χ1n) is 8.40. The van der Waals surface area contributed by atoms with Crippen LogP contribution in [0.5, 0.6) is 0 Å². The van der Waals surface area contributed by atoms with E-state index in [9.17, 15) is 15.2 Å². The molecule has 0 saturated heterocycles. The van der Waals surface area contributed by atoms with Crippen LogP contribution in [0.1, 0.15) is 16.7 Å². The van der Waals surface area contributed by atoms with Crippen molar-refractivity contribution in [3.8, 4) is 0 Å². The topological polar surface area (TPSA) is 75.8 Å². The molecule has 3 rings (SSSR count). The Morgan fingerprint density at radius 1 is 1.20 bits per heavy atom. The third kappa shape index (κ3) is 4.85. The maximum atomic E-state index is 10.9. The molecule has 2 aromatic rings. The summed E-state index contributed by atoms with van der Waals surface area (Å²) in [6.45, 7) is 2.70. The van der Waals surface area contributed by atoms with Crippen LogP contribution >= 0.6 is 0 Å². The van der Waals surface area contributed by atoms with Gasteiger partial charge in [0.15, 0.2) is 0 Å². The Labute approximate surface area is 146 Å². The predicted octanol–water partition coefficient (Wildman–Crippen LogP) is 2.53. The van der Waals surface area contributed by atoms with Gasteiger partial charge in [0.2, 0.25) is 0 Å². The Hall–Kier alpha value is -2.28. The Balaban J connectivity index is 1.48. The van der Waals surface area contributed by atoms with Crippen molar-refractivity contribution in [3.63, 3.8) is 0 Å². The minimum absolute atomic E-state index is 0.118. The number of aliphatic hydroxyl groups excluding tert-OH is 1. The van der Waals surface area contributed by atoms with E-state index < -0.39 is 6.10 Å². The molecule has 0 bridgehead atoms. The number of hydrogen-bond acceptors (Lipinski definition) is 5. The lowest BCUT2D eigenvalue weighted by molar-refractivity contribution is -0.385. The van der Waals surface area contributed by atoms with Gasteiger partial charge in [-0.25, -0.2) is 0 Å². The number of rotatable bonds is 7. The minimum Gasteiger partial charge on any atom is -0.389 e. The van der Waals surface area contributed by atoms with Crippen LogP contribution < -0.4 is 0 Å². The third-order valence-electron chi connectivity index (χ3n) is 4.38. The first kappa shape index (κ1) is 17.5. The molecule has 25 heavy (non-hydrogen) atoms.